The number of amides is 16. The summed E-state index contributed by atoms with van der Waals surface area (Å²) in [5.41, 5.74) is 23.1. The average molecular weight is 1560 g/mol. The van der Waals surface area contributed by atoms with Crippen LogP contribution in [0.1, 0.15) is 122 Å². The summed E-state index contributed by atoms with van der Waals surface area (Å²) in [4.78, 5) is 252. The van der Waals surface area contributed by atoms with Gasteiger partial charge in [0.25, 0.3) is 0 Å². The highest BCUT2D eigenvalue weighted by atomic mass is 16.4. The number of carbonyl (C=O) groups is 18. The first-order chi connectivity index (χ1) is 52.4. The number of nitrogens with two attached hydrogens (primary N) is 4. The van der Waals surface area contributed by atoms with E-state index >= 15 is 0 Å². The van der Waals surface area contributed by atoms with Crippen molar-refractivity contribution in [3.05, 3.63) is 77.9 Å². The number of H-pyrrole nitrogens is 1. The number of hydrogen-bond donors (Lipinski definition) is 19. The van der Waals surface area contributed by atoms with E-state index in [2.05, 4.69) is 57.8 Å². The largest absolute Gasteiger partial charge is 0.508 e. The van der Waals surface area contributed by atoms with Crippen LogP contribution in [0, 0.1) is 5.92 Å². The number of aromatic amines is 1. The third-order valence-corrected chi connectivity index (χ3v) is 18.5. The maximum atomic E-state index is 14.9. The summed E-state index contributed by atoms with van der Waals surface area (Å²) in [7, 11) is 0. The number of aromatic hydroxyl groups is 2. The summed E-state index contributed by atoms with van der Waals surface area (Å²) in [5, 5.41) is 63.2. The molecule has 13 atom stereocenters. The number of carboxylic acids is 2. The van der Waals surface area contributed by atoms with E-state index in [0.717, 1.165) is 6.92 Å². The lowest BCUT2D eigenvalue weighted by Crippen LogP contribution is -2.60. The highest BCUT2D eigenvalue weighted by molar-refractivity contribution is 6.01. The second-order valence-electron chi connectivity index (χ2n) is 27.8. The van der Waals surface area contributed by atoms with Crippen LogP contribution in [0.2, 0.25) is 0 Å². The van der Waals surface area contributed by atoms with Gasteiger partial charge in [0.1, 0.15) is 84.0 Å². The smallest absolute Gasteiger partial charge is 0.326 e. The van der Waals surface area contributed by atoms with E-state index in [1.54, 1.807) is 13.8 Å². The molecule has 23 N–H and O–H groups in total. The first kappa shape index (κ1) is 87.6. The third kappa shape index (κ3) is 26.8. The molecule has 3 fully saturated rings. The summed E-state index contributed by atoms with van der Waals surface area (Å²) in [6.07, 6.45) is -0.222. The standard InChI is InChI=1S/C70H97N19O22/c1-34(2)24-43(82-64(104)45(26-38-13-17-41(91)18-14-38)81-60(100)42(71)19-20-53(72)92)63(103)85-48(28-54(73)93)67(107)88-22-6-9-51(88)69(109)89-23-7-10-52(89)68(108)87-21-5-8-50(87)66(106)84-44(25-37-11-15-40(90)16-12-37)62(102)79-36(4)59(99)80-47(30-57(96)97)65(105)83-46(27-39-31-75-33-77-39)61(101)76-32-56(95)78-35(3)58(98)86-49(70(110)111)29-55(74)94/h11-18,31,33-36,42-52,90-91H,5-10,19-30,32,71H2,1-4H3,(H2,72,92)(H2,73,93)(H2,74,94)(H,75,77)(H,76,101)(H,78,95)(H,79,102)(H,80,99)(H,81,100)(H,82,104)(H,83,105)(H,84,106)(H,85,103)(H,86,98)(H,96,97)(H,110,111)/t35-,36-,42-,43-,44-,45-,46-,47-,48-,49-,50-,51-,52-/m0/s1. The molecule has 3 saturated heterocycles. The lowest BCUT2D eigenvalue weighted by molar-refractivity contribution is -0.151. The predicted molar refractivity (Wildman–Crippen MR) is 385 cm³/mol. The van der Waals surface area contributed by atoms with Crippen molar-refractivity contribution < 1.29 is 107 Å². The van der Waals surface area contributed by atoms with Gasteiger partial charge >= 0.3 is 11.9 Å². The van der Waals surface area contributed by atoms with E-state index in [1.807, 2.05) is 5.32 Å². The molecule has 3 aliphatic rings. The molecule has 111 heavy (non-hydrogen) atoms. The van der Waals surface area contributed by atoms with Gasteiger partial charge < -0.3 is 116 Å². The zero-order chi connectivity index (χ0) is 82.1. The Morgan fingerprint density at radius 3 is 1.45 bits per heavy atom. The Labute approximate surface area is 635 Å². The molecular formula is C70H97N19O22. The Morgan fingerprint density at radius 1 is 0.486 bits per heavy atom. The molecule has 3 aromatic rings. The second kappa shape index (κ2) is 41.3. The number of aromatic nitrogens is 2. The number of carbonyl (C=O) groups excluding carboxylic acids is 16. The number of benzene rings is 2. The molecule has 0 unspecified atom stereocenters. The van der Waals surface area contributed by atoms with Crippen molar-refractivity contribution >= 4 is 106 Å². The molecule has 0 radical (unpaired) electrons. The zero-order valence-corrected chi connectivity index (χ0v) is 61.5. The maximum absolute atomic E-state index is 14.9. The number of aliphatic carboxylic acids is 2. The topological polar surface area (TPSA) is 651 Å². The summed E-state index contributed by atoms with van der Waals surface area (Å²) >= 11 is 0. The van der Waals surface area contributed by atoms with Crippen molar-refractivity contribution in [3.8, 4) is 11.5 Å². The molecule has 0 bridgehead atoms. The van der Waals surface area contributed by atoms with Gasteiger partial charge in [0.2, 0.25) is 94.5 Å². The Hall–Kier alpha value is -12.3. The fourth-order valence-corrected chi connectivity index (χ4v) is 12.7. The molecule has 604 valence electrons. The minimum Gasteiger partial charge on any atom is -0.508 e. The number of rotatable bonds is 41. The molecule has 4 heterocycles. The van der Waals surface area contributed by atoms with E-state index < -0.39 is 211 Å². The molecule has 3 aliphatic heterocycles. The van der Waals surface area contributed by atoms with E-state index in [4.69, 9.17) is 22.9 Å². The quantitative estimate of drug-likeness (QED) is 0.0251. The summed E-state index contributed by atoms with van der Waals surface area (Å²) in [5.74, 6) is -18.6. The molecule has 0 aliphatic carbocycles. The number of likely N-dealkylation sites (tertiary alicyclic amines) is 3. The van der Waals surface area contributed by atoms with Gasteiger partial charge in [0.05, 0.1) is 38.2 Å². The van der Waals surface area contributed by atoms with Crippen molar-refractivity contribution in [3.63, 3.8) is 0 Å². The normalized spacial score (nSPS) is 17.9. The summed E-state index contributed by atoms with van der Waals surface area (Å²) < 4.78 is 0. The van der Waals surface area contributed by atoms with Crippen LogP contribution in [-0.4, -0.2) is 256 Å². The van der Waals surface area contributed by atoms with Crippen molar-refractivity contribution in [2.75, 3.05) is 26.2 Å². The molecule has 1 aromatic heterocycles. The van der Waals surface area contributed by atoms with Crippen LogP contribution in [0.15, 0.2) is 61.1 Å². The van der Waals surface area contributed by atoms with Crippen LogP contribution in [-0.2, 0) is 106 Å². The van der Waals surface area contributed by atoms with Gasteiger partial charge in [-0.3, -0.25) is 81.5 Å². The van der Waals surface area contributed by atoms with Crippen LogP contribution >= 0.6 is 0 Å². The van der Waals surface area contributed by atoms with Gasteiger partial charge in [-0.1, -0.05) is 38.1 Å². The molecule has 0 saturated carbocycles. The number of nitrogens with zero attached hydrogens (tertiary/aromatic N) is 4. The molecule has 41 heteroatoms. The molecular weight excluding hydrogens is 1460 g/mol. The Balaban J connectivity index is 1.12. The minimum atomic E-state index is -1.95. The van der Waals surface area contributed by atoms with Crippen molar-refractivity contribution in [2.45, 2.75) is 203 Å². The van der Waals surface area contributed by atoms with Gasteiger partial charge in [-0.25, -0.2) is 9.78 Å². The fraction of sp³-hybridized carbons (Fsp3) is 0.529. The van der Waals surface area contributed by atoms with Gasteiger partial charge in [0, 0.05) is 57.2 Å². The van der Waals surface area contributed by atoms with Gasteiger partial charge in [-0.05, 0) is 107 Å². The first-order valence-electron chi connectivity index (χ1n) is 35.9. The molecule has 16 amide bonds. The number of carboxylic acid groups (broad SMARTS) is 2. The SMILES string of the molecule is CC(C)C[C@H](NC(=O)[C@H](Cc1ccc(O)cc1)NC(=O)[C@@H](N)CCC(N)=O)C(=O)N[C@@H](CC(N)=O)C(=O)N1CCC[C@H]1C(=O)N1CCC[C@H]1C(=O)N1CCC[C@H]1C(=O)N[C@@H](Cc1ccc(O)cc1)C(=O)N[C@@H](C)C(=O)N[C@@H](CC(=O)O)C(=O)N[C@@H](Cc1cnc[nH]1)C(=O)NCC(=O)N[C@@H](C)C(=O)N[C@@H](CC(N)=O)C(=O)O. The Morgan fingerprint density at radius 2 is 0.928 bits per heavy atom. The highest BCUT2D eigenvalue weighted by Gasteiger charge is 2.48. The lowest BCUT2D eigenvalue weighted by atomic mass is 10.00. The summed E-state index contributed by atoms with van der Waals surface area (Å²) in [6.45, 7) is 4.98. The van der Waals surface area contributed by atoms with Gasteiger partial charge in [-0.15, -0.1) is 0 Å². The zero-order valence-electron chi connectivity index (χ0n) is 61.5. The molecule has 41 nitrogen and oxygen atoms in total. The minimum absolute atomic E-state index is 0.0157. The Bertz CT molecular complexity index is 3920. The van der Waals surface area contributed by atoms with Gasteiger partial charge in [0.15, 0.2) is 0 Å². The average Bonchev–Trinajstić information content (AvgIpc) is 1.65. The van der Waals surface area contributed by atoms with Crippen molar-refractivity contribution in [1.82, 2.24) is 77.8 Å². The van der Waals surface area contributed by atoms with Crippen molar-refractivity contribution in [2.24, 2.45) is 28.9 Å². The monoisotopic (exact) mass is 1560 g/mol. The van der Waals surface area contributed by atoms with Crippen molar-refractivity contribution in [1.29, 1.82) is 0 Å². The van der Waals surface area contributed by atoms with Crippen LogP contribution in [0.3, 0.4) is 0 Å². The predicted octanol–water partition coefficient (Wildman–Crippen LogP) is -6.71. The molecule has 0 spiro atoms. The van der Waals surface area contributed by atoms with E-state index in [9.17, 15) is 107 Å². The second-order valence-corrected chi connectivity index (χ2v) is 27.8. The van der Waals surface area contributed by atoms with E-state index in [-0.39, 0.29) is 113 Å². The molecule has 2 aromatic carbocycles. The fourth-order valence-electron chi connectivity index (χ4n) is 12.7. The number of phenols is 2. The third-order valence-electron chi connectivity index (χ3n) is 18.5. The number of nitrogens with one attached hydrogen (secondary N) is 11. The van der Waals surface area contributed by atoms with Crippen LogP contribution in [0.25, 0.3) is 0 Å². The highest BCUT2D eigenvalue weighted by Crippen LogP contribution is 2.30. The number of primary amides is 3. The van der Waals surface area contributed by atoms with Crippen LogP contribution in [0.5, 0.6) is 11.5 Å². The Kier molecular flexibility index (Phi) is 32.6. The summed E-state index contributed by atoms with van der Waals surface area (Å²) in [6, 6.07) is -8.08. The van der Waals surface area contributed by atoms with E-state index in [1.165, 1.54) is 82.7 Å². The maximum Gasteiger partial charge on any atom is 0.326 e. The lowest BCUT2D eigenvalue weighted by Gasteiger charge is -2.35. The van der Waals surface area contributed by atoms with Gasteiger partial charge in [-0.2, -0.15) is 0 Å². The van der Waals surface area contributed by atoms with Crippen LogP contribution < -0.4 is 76.1 Å². The van der Waals surface area contributed by atoms with Crippen LogP contribution in [0.4, 0.5) is 0 Å². The first-order valence-corrected chi connectivity index (χ1v) is 35.9. The van der Waals surface area contributed by atoms with E-state index in [0.29, 0.717) is 17.5 Å². The number of hydrogen-bond acceptors (Lipinski definition) is 22. The number of phenolic OH excluding ortho intramolecular Hbond substituents is 2. The number of imidazole rings is 1. The molecule has 6 rings (SSSR count).